The fourth-order valence-corrected chi connectivity index (χ4v) is 3.66. The Balaban J connectivity index is 2.26. The predicted molar refractivity (Wildman–Crippen MR) is 97.3 cm³/mol. The van der Waals surface area contributed by atoms with Gasteiger partial charge in [-0.2, -0.15) is 0 Å². The molecule has 7 nitrogen and oxygen atoms in total. The summed E-state index contributed by atoms with van der Waals surface area (Å²) in [6.45, 7) is 3.39. The van der Waals surface area contributed by atoms with Gasteiger partial charge in [0.15, 0.2) is 0 Å². The number of hydrogen-bond acceptors (Lipinski definition) is 4. The fourth-order valence-electron chi connectivity index (χ4n) is 3.40. The zero-order valence-corrected chi connectivity index (χ0v) is 15.5. The topological polar surface area (TPSA) is 107 Å². The number of carbonyl (C=O) groups is 3. The Bertz CT molecular complexity index is 724. The van der Waals surface area contributed by atoms with Crippen LogP contribution < -0.4 is 5.32 Å². The average molecular weight is 383 g/mol. The Morgan fingerprint density at radius 2 is 2.08 bits per heavy atom. The van der Waals surface area contributed by atoms with Gasteiger partial charge in [0, 0.05) is 25.7 Å². The lowest BCUT2D eigenvalue weighted by molar-refractivity contribution is -0.162. The van der Waals surface area contributed by atoms with Gasteiger partial charge >= 0.3 is 5.97 Å². The summed E-state index contributed by atoms with van der Waals surface area (Å²) in [5, 5.41) is 22.7. The predicted octanol–water partition coefficient (Wildman–Crippen LogP) is 2.38. The lowest BCUT2D eigenvalue weighted by Crippen LogP contribution is -2.57. The van der Waals surface area contributed by atoms with Gasteiger partial charge in [-0.3, -0.25) is 14.4 Å². The molecule has 1 heterocycles. The Hall–Kier alpha value is -2.12. The summed E-state index contributed by atoms with van der Waals surface area (Å²) in [5.74, 6) is -1.74. The monoisotopic (exact) mass is 382 g/mol. The molecule has 2 atom stereocenters. The van der Waals surface area contributed by atoms with Crippen molar-refractivity contribution in [2.75, 3.05) is 18.4 Å². The third kappa shape index (κ3) is 3.99. The number of anilines is 1. The van der Waals surface area contributed by atoms with Gasteiger partial charge in [-0.1, -0.05) is 24.9 Å². The van der Waals surface area contributed by atoms with Crippen molar-refractivity contribution >= 4 is 35.1 Å². The minimum absolute atomic E-state index is 0.0695. The molecule has 142 valence electrons. The molecule has 1 aliphatic rings. The number of carbonyl (C=O) groups excluding carboxylic acids is 2. The maximum atomic E-state index is 12.9. The number of aliphatic hydroxyl groups excluding tert-OH is 1. The third-order valence-corrected chi connectivity index (χ3v) is 5.03. The molecule has 0 spiro atoms. The van der Waals surface area contributed by atoms with E-state index in [1.54, 1.807) is 6.07 Å². The normalized spacial score (nSPS) is 22.8. The van der Waals surface area contributed by atoms with Gasteiger partial charge in [0.05, 0.1) is 16.7 Å². The van der Waals surface area contributed by atoms with Crippen LogP contribution in [0.25, 0.3) is 0 Å². The maximum Gasteiger partial charge on any atom is 0.314 e. The van der Waals surface area contributed by atoms with Crippen LogP contribution in [0.1, 0.15) is 43.5 Å². The largest absolute Gasteiger partial charge is 0.481 e. The molecule has 2 amide bonds. The van der Waals surface area contributed by atoms with Crippen LogP contribution in [0.5, 0.6) is 0 Å². The second kappa shape index (κ2) is 8.05. The van der Waals surface area contributed by atoms with Crippen LogP contribution in [0.2, 0.25) is 5.02 Å². The minimum Gasteiger partial charge on any atom is -0.481 e. The number of amides is 2. The molecular weight excluding hydrogens is 360 g/mol. The van der Waals surface area contributed by atoms with Gasteiger partial charge < -0.3 is 20.4 Å². The zero-order valence-electron chi connectivity index (χ0n) is 14.8. The summed E-state index contributed by atoms with van der Waals surface area (Å²) >= 11 is 6.19. The molecular formula is C18H23ClN2O5. The first kappa shape index (κ1) is 20.2. The number of aliphatic hydroxyl groups is 1. The lowest BCUT2D eigenvalue weighted by atomic mass is 9.74. The van der Waals surface area contributed by atoms with Crippen molar-refractivity contribution < 1.29 is 24.6 Å². The highest BCUT2D eigenvalue weighted by Crippen LogP contribution is 2.36. The van der Waals surface area contributed by atoms with Crippen LogP contribution in [-0.4, -0.2) is 52.1 Å². The van der Waals surface area contributed by atoms with E-state index in [0.29, 0.717) is 12.1 Å². The van der Waals surface area contributed by atoms with E-state index in [-0.39, 0.29) is 42.4 Å². The van der Waals surface area contributed by atoms with Crippen LogP contribution in [0.15, 0.2) is 18.2 Å². The Kier molecular flexibility index (Phi) is 6.26. The van der Waals surface area contributed by atoms with E-state index in [0.717, 1.165) is 0 Å². The number of benzene rings is 1. The molecule has 0 bridgehead atoms. The molecule has 1 aromatic rings. The van der Waals surface area contributed by atoms with E-state index >= 15 is 0 Å². The molecule has 1 aliphatic heterocycles. The summed E-state index contributed by atoms with van der Waals surface area (Å²) < 4.78 is 0. The van der Waals surface area contributed by atoms with Gasteiger partial charge in [0.1, 0.15) is 5.41 Å². The van der Waals surface area contributed by atoms with Crippen molar-refractivity contribution in [3.8, 4) is 0 Å². The van der Waals surface area contributed by atoms with Crippen molar-refractivity contribution in [1.82, 2.24) is 4.90 Å². The van der Waals surface area contributed by atoms with Gasteiger partial charge in [-0.15, -0.1) is 0 Å². The fraction of sp³-hybridized carbons (Fsp3) is 0.500. The van der Waals surface area contributed by atoms with Crippen LogP contribution in [0.3, 0.4) is 0 Å². The minimum atomic E-state index is -1.37. The number of likely N-dealkylation sites (tertiary alicyclic amines) is 1. The smallest absolute Gasteiger partial charge is 0.314 e. The Labute approximate surface area is 156 Å². The first-order chi connectivity index (χ1) is 12.2. The van der Waals surface area contributed by atoms with E-state index in [4.69, 9.17) is 11.6 Å². The van der Waals surface area contributed by atoms with Crippen LogP contribution in [-0.2, 0) is 9.59 Å². The molecule has 2 rings (SSSR count). The third-order valence-electron chi connectivity index (χ3n) is 4.71. The number of hydrogen-bond donors (Lipinski definition) is 3. The Morgan fingerprint density at radius 3 is 2.62 bits per heavy atom. The van der Waals surface area contributed by atoms with Crippen molar-refractivity contribution in [2.24, 2.45) is 5.41 Å². The van der Waals surface area contributed by atoms with Crippen LogP contribution in [0, 0.1) is 5.41 Å². The van der Waals surface area contributed by atoms with E-state index in [1.165, 1.54) is 24.0 Å². The van der Waals surface area contributed by atoms with Gasteiger partial charge in [-0.05, 0) is 31.0 Å². The van der Waals surface area contributed by atoms with E-state index in [9.17, 15) is 24.6 Å². The number of nitrogens with zero attached hydrogens (tertiary/aromatic N) is 1. The standard InChI is InChI=1S/C18H23ClN2O5/c1-3-7-18(17(25)26)10-21(8-6-15(18)23)16(24)13-5-4-12(9-14(13)19)20-11(2)22/h4-5,9,15,23H,3,6-8,10H2,1-2H3,(H,20,22)(H,25,26)/t15-,18+/m1/s1. The molecule has 0 saturated carbocycles. The second-order valence-electron chi connectivity index (χ2n) is 6.62. The van der Waals surface area contributed by atoms with Crippen molar-refractivity contribution in [1.29, 1.82) is 0 Å². The highest BCUT2D eigenvalue weighted by atomic mass is 35.5. The van der Waals surface area contributed by atoms with Crippen molar-refractivity contribution in [3.05, 3.63) is 28.8 Å². The van der Waals surface area contributed by atoms with Gasteiger partial charge in [0.25, 0.3) is 5.91 Å². The summed E-state index contributed by atoms with van der Waals surface area (Å²) in [4.78, 5) is 37.2. The summed E-state index contributed by atoms with van der Waals surface area (Å²) in [6, 6.07) is 4.55. The number of aliphatic carboxylic acids is 1. The number of nitrogens with one attached hydrogen (secondary N) is 1. The zero-order chi connectivity index (χ0) is 19.5. The maximum absolute atomic E-state index is 12.9. The van der Waals surface area contributed by atoms with Gasteiger partial charge in [0.2, 0.25) is 5.91 Å². The number of halogens is 1. The number of rotatable bonds is 5. The quantitative estimate of drug-likeness (QED) is 0.724. The molecule has 1 aromatic carbocycles. The molecule has 3 N–H and O–H groups in total. The molecule has 0 radical (unpaired) electrons. The molecule has 1 saturated heterocycles. The average Bonchev–Trinajstić information content (AvgIpc) is 2.56. The number of carboxylic acid groups (broad SMARTS) is 1. The SMILES string of the molecule is CCC[C@]1(C(=O)O)CN(C(=O)c2ccc(NC(C)=O)cc2Cl)CC[C@H]1O. The van der Waals surface area contributed by atoms with Crippen LogP contribution in [0.4, 0.5) is 5.69 Å². The van der Waals surface area contributed by atoms with E-state index < -0.39 is 23.4 Å². The van der Waals surface area contributed by atoms with E-state index in [2.05, 4.69) is 5.32 Å². The first-order valence-corrected chi connectivity index (χ1v) is 8.87. The second-order valence-corrected chi connectivity index (χ2v) is 7.03. The number of carboxylic acids is 1. The van der Waals surface area contributed by atoms with Crippen LogP contribution >= 0.6 is 11.6 Å². The first-order valence-electron chi connectivity index (χ1n) is 8.49. The summed E-state index contributed by atoms with van der Waals surface area (Å²) in [6.07, 6.45) is 0.0567. The molecule has 0 unspecified atom stereocenters. The molecule has 0 aliphatic carbocycles. The highest BCUT2D eigenvalue weighted by molar-refractivity contribution is 6.34. The van der Waals surface area contributed by atoms with Crippen molar-refractivity contribution in [3.63, 3.8) is 0 Å². The summed E-state index contributed by atoms with van der Waals surface area (Å²) in [5.41, 5.74) is -0.669. The number of piperidine rings is 1. The highest BCUT2D eigenvalue weighted by Gasteiger charge is 2.49. The van der Waals surface area contributed by atoms with Gasteiger partial charge in [-0.25, -0.2) is 0 Å². The van der Waals surface area contributed by atoms with E-state index in [1.807, 2.05) is 6.92 Å². The molecule has 8 heteroatoms. The molecule has 0 aromatic heterocycles. The molecule has 1 fully saturated rings. The summed E-state index contributed by atoms with van der Waals surface area (Å²) in [7, 11) is 0. The lowest BCUT2D eigenvalue weighted by Gasteiger charge is -2.43. The Morgan fingerprint density at radius 1 is 1.38 bits per heavy atom. The van der Waals surface area contributed by atoms with Crippen molar-refractivity contribution in [2.45, 2.75) is 39.2 Å². The molecule has 26 heavy (non-hydrogen) atoms.